The summed E-state index contributed by atoms with van der Waals surface area (Å²) >= 11 is 0. The molecule has 0 amide bonds. The van der Waals surface area contributed by atoms with Crippen LogP contribution in [0.1, 0.15) is 415 Å². The zero-order valence-corrected chi connectivity index (χ0v) is 67.6. The number of ether oxygens (including phenoxy) is 4. The van der Waals surface area contributed by atoms with Gasteiger partial charge in [-0.2, -0.15) is 0 Å². The minimum Gasteiger partial charge on any atom is -0.462 e. The van der Waals surface area contributed by atoms with Gasteiger partial charge < -0.3 is 33.8 Å². The predicted octanol–water partition coefficient (Wildman–Crippen LogP) is 24.0. The van der Waals surface area contributed by atoms with E-state index in [2.05, 4.69) is 55.4 Å². The molecule has 594 valence electrons. The lowest BCUT2D eigenvalue weighted by Gasteiger charge is -2.21. The summed E-state index contributed by atoms with van der Waals surface area (Å²) in [6, 6.07) is 0. The molecule has 0 saturated carbocycles. The molecule has 0 aromatic carbocycles. The molecule has 0 fully saturated rings. The molecular weight excluding hydrogens is 1310 g/mol. The van der Waals surface area contributed by atoms with Crippen LogP contribution in [0.15, 0.2) is 0 Å². The van der Waals surface area contributed by atoms with Gasteiger partial charge in [-0.1, -0.05) is 364 Å². The molecule has 17 nitrogen and oxygen atoms in total. The molecule has 9 atom stereocenters. The Hall–Kier alpha value is -1.94. The molecule has 6 unspecified atom stereocenters. The maximum Gasteiger partial charge on any atom is 0.472 e. The van der Waals surface area contributed by atoms with Crippen LogP contribution < -0.4 is 0 Å². The Morgan fingerprint density at radius 2 is 0.450 bits per heavy atom. The Bertz CT molecular complexity index is 1960. The van der Waals surface area contributed by atoms with Gasteiger partial charge >= 0.3 is 39.5 Å². The predicted molar refractivity (Wildman–Crippen MR) is 409 cm³/mol. The molecule has 0 bridgehead atoms. The average molecular weight is 1470 g/mol. The van der Waals surface area contributed by atoms with Gasteiger partial charge in [-0.3, -0.25) is 37.3 Å². The van der Waals surface area contributed by atoms with Crippen LogP contribution in [-0.4, -0.2) is 96.7 Å². The number of carbonyl (C=O) groups is 4. The second-order valence-corrected chi connectivity index (χ2v) is 33.0. The Balaban J connectivity index is 5.15. The van der Waals surface area contributed by atoms with Crippen molar-refractivity contribution in [2.24, 2.45) is 23.7 Å². The first-order valence-corrected chi connectivity index (χ1v) is 44.8. The summed E-state index contributed by atoms with van der Waals surface area (Å²) in [6.07, 6.45) is 57.0. The fraction of sp³-hybridized carbons (Fsp3) is 0.951. The van der Waals surface area contributed by atoms with Gasteiger partial charge in [0.15, 0.2) is 12.2 Å². The van der Waals surface area contributed by atoms with E-state index in [1.165, 1.54) is 212 Å². The zero-order valence-electron chi connectivity index (χ0n) is 65.8. The molecule has 19 heteroatoms. The van der Waals surface area contributed by atoms with Crippen LogP contribution >= 0.6 is 15.6 Å². The van der Waals surface area contributed by atoms with Crippen molar-refractivity contribution >= 4 is 39.5 Å². The molecule has 0 aliphatic rings. The van der Waals surface area contributed by atoms with Crippen molar-refractivity contribution in [3.05, 3.63) is 0 Å². The van der Waals surface area contributed by atoms with Gasteiger partial charge in [0.25, 0.3) is 0 Å². The van der Waals surface area contributed by atoms with Crippen LogP contribution in [0.5, 0.6) is 0 Å². The van der Waals surface area contributed by atoms with Gasteiger partial charge in [0.2, 0.25) is 0 Å². The number of unbranched alkanes of at least 4 members (excludes halogenated alkanes) is 40. The summed E-state index contributed by atoms with van der Waals surface area (Å²) in [5, 5.41) is 10.6. The van der Waals surface area contributed by atoms with Crippen molar-refractivity contribution in [2.45, 2.75) is 433 Å². The van der Waals surface area contributed by atoms with Crippen molar-refractivity contribution < 1.29 is 80.2 Å². The fourth-order valence-corrected chi connectivity index (χ4v) is 13.9. The Labute approximate surface area is 613 Å². The second-order valence-electron chi connectivity index (χ2n) is 30.1. The third-order valence-corrected chi connectivity index (χ3v) is 22.2. The summed E-state index contributed by atoms with van der Waals surface area (Å²) < 4.78 is 68.6. The smallest absolute Gasteiger partial charge is 0.462 e. The van der Waals surface area contributed by atoms with E-state index in [0.29, 0.717) is 25.7 Å². The maximum atomic E-state index is 13.1. The van der Waals surface area contributed by atoms with Crippen LogP contribution in [0.2, 0.25) is 0 Å². The molecule has 100 heavy (non-hydrogen) atoms. The van der Waals surface area contributed by atoms with Crippen molar-refractivity contribution in [2.75, 3.05) is 39.6 Å². The molecule has 0 aliphatic heterocycles. The minimum atomic E-state index is -4.96. The number of phosphoric ester groups is 2. The van der Waals surface area contributed by atoms with Crippen LogP contribution in [0, 0.1) is 23.7 Å². The lowest BCUT2D eigenvalue weighted by atomic mass is 9.99. The largest absolute Gasteiger partial charge is 0.472 e. The number of aliphatic hydroxyl groups is 1. The number of rotatable bonds is 78. The van der Waals surface area contributed by atoms with Gasteiger partial charge in [0, 0.05) is 25.7 Å². The molecule has 0 spiro atoms. The van der Waals surface area contributed by atoms with Crippen LogP contribution in [0.3, 0.4) is 0 Å². The number of carbonyl (C=O) groups excluding carboxylic acids is 4. The SMILES string of the molecule is CCC(C)CCCCCCCCCCCCCCCCCCCCC(=O)O[C@H](COC(=O)CCCCCCCCC(C)CC)COP(=O)(O)OC[C@H](O)COP(=O)(O)OC[C@@H](COC(=O)CCCCCCCCCCCCCCCCC(C)CC)OC(=O)CCCCCCCCC(C)CC. The third-order valence-electron chi connectivity index (χ3n) is 20.3. The lowest BCUT2D eigenvalue weighted by molar-refractivity contribution is -0.161. The number of hydrogen-bond donors (Lipinski definition) is 3. The van der Waals surface area contributed by atoms with Gasteiger partial charge in [-0.05, 0) is 49.4 Å². The van der Waals surface area contributed by atoms with Crippen molar-refractivity contribution in [3.8, 4) is 0 Å². The normalized spacial score (nSPS) is 15.1. The highest BCUT2D eigenvalue weighted by Gasteiger charge is 2.30. The minimum absolute atomic E-state index is 0.103. The summed E-state index contributed by atoms with van der Waals surface area (Å²) in [6.45, 7) is 14.3. The molecule has 0 radical (unpaired) electrons. The number of esters is 4. The average Bonchev–Trinajstić information content (AvgIpc) is 0.993. The Morgan fingerprint density at radius 1 is 0.270 bits per heavy atom. The van der Waals surface area contributed by atoms with Crippen LogP contribution in [0.4, 0.5) is 0 Å². The second kappa shape index (κ2) is 70.1. The number of hydrogen-bond acceptors (Lipinski definition) is 15. The van der Waals surface area contributed by atoms with Gasteiger partial charge in [-0.25, -0.2) is 9.13 Å². The number of aliphatic hydroxyl groups excluding tert-OH is 1. The first-order valence-electron chi connectivity index (χ1n) is 41.9. The topological polar surface area (TPSA) is 237 Å². The van der Waals surface area contributed by atoms with Gasteiger partial charge in [0.1, 0.15) is 19.3 Å². The van der Waals surface area contributed by atoms with Crippen molar-refractivity contribution in [3.63, 3.8) is 0 Å². The van der Waals surface area contributed by atoms with Gasteiger partial charge in [0.05, 0.1) is 26.4 Å². The Morgan fingerprint density at radius 3 is 0.660 bits per heavy atom. The van der Waals surface area contributed by atoms with Gasteiger partial charge in [-0.15, -0.1) is 0 Å². The first-order chi connectivity index (χ1) is 48.2. The molecule has 0 heterocycles. The molecular formula is C81H158O17P2. The maximum absolute atomic E-state index is 13.1. The fourth-order valence-electron chi connectivity index (χ4n) is 12.3. The first kappa shape index (κ1) is 98.1. The number of phosphoric acid groups is 2. The molecule has 3 N–H and O–H groups in total. The van der Waals surface area contributed by atoms with E-state index < -0.39 is 97.5 Å². The highest BCUT2D eigenvalue weighted by atomic mass is 31.2. The van der Waals surface area contributed by atoms with Crippen LogP contribution in [0.25, 0.3) is 0 Å². The summed E-state index contributed by atoms with van der Waals surface area (Å²) in [5.41, 5.74) is 0. The van der Waals surface area contributed by atoms with E-state index >= 15 is 0 Å². The highest BCUT2D eigenvalue weighted by Crippen LogP contribution is 2.45. The summed E-state index contributed by atoms with van der Waals surface area (Å²) in [4.78, 5) is 72.9. The van der Waals surface area contributed by atoms with E-state index in [0.717, 1.165) is 120 Å². The lowest BCUT2D eigenvalue weighted by Crippen LogP contribution is -2.30. The molecule has 0 aromatic heterocycles. The van der Waals surface area contributed by atoms with Crippen molar-refractivity contribution in [1.82, 2.24) is 0 Å². The molecule has 0 saturated heterocycles. The standard InChI is InChI=1S/C81H158O17P2/c1-9-71(5)57-49-41-33-29-25-21-17-15-13-14-16-18-24-28-32-36-47-55-63-80(85)97-76(68-92-79(84)62-54-46-39-37-43-51-59-73(7)11-3)69-95-99(87,88)93-65-75(82)66-94-100(89,90)96-70-77(98-81(86)64-56-48-40-38-44-52-60-74(8)12-4)67-91-78(83)61-53-45-35-31-27-23-20-19-22-26-30-34-42-50-58-72(6)10-2/h71-77,82H,9-70H2,1-8H3,(H,87,88)(H,89,90)/t71?,72?,73?,74?,75-,76+,77+/m0/s1. The van der Waals surface area contributed by atoms with E-state index in [4.69, 9.17) is 37.0 Å². The molecule has 0 aliphatic carbocycles. The van der Waals surface area contributed by atoms with E-state index in [-0.39, 0.29) is 25.7 Å². The molecule has 0 rings (SSSR count). The highest BCUT2D eigenvalue weighted by molar-refractivity contribution is 7.47. The zero-order chi connectivity index (χ0) is 73.8. The van der Waals surface area contributed by atoms with Crippen LogP contribution in [-0.2, 0) is 65.4 Å². The van der Waals surface area contributed by atoms with Crippen molar-refractivity contribution in [1.29, 1.82) is 0 Å². The molecule has 0 aromatic rings. The third kappa shape index (κ3) is 69.1. The quantitative estimate of drug-likeness (QED) is 0.0222. The monoisotopic (exact) mass is 1470 g/mol. The van der Waals surface area contributed by atoms with E-state index in [1.54, 1.807) is 0 Å². The Kier molecular flexibility index (Phi) is 68.7. The van der Waals surface area contributed by atoms with E-state index in [9.17, 15) is 43.2 Å². The summed E-state index contributed by atoms with van der Waals surface area (Å²) in [5.74, 6) is 1.05. The van der Waals surface area contributed by atoms with E-state index in [1.807, 2.05) is 0 Å². The summed E-state index contributed by atoms with van der Waals surface area (Å²) in [7, 11) is -9.92.